The summed E-state index contributed by atoms with van der Waals surface area (Å²) in [5, 5.41) is 0. The number of halogens is 1. The van der Waals surface area contributed by atoms with Gasteiger partial charge in [-0.1, -0.05) is 12.8 Å². The number of sulfonamides is 1. The number of hydrogen-bond donors (Lipinski definition) is 1. The average Bonchev–Trinajstić information content (AvgIpc) is 2.67. The van der Waals surface area contributed by atoms with Gasteiger partial charge in [-0.25, -0.2) is 12.8 Å². The van der Waals surface area contributed by atoms with E-state index < -0.39 is 15.8 Å². The van der Waals surface area contributed by atoms with Crippen molar-refractivity contribution in [3.63, 3.8) is 0 Å². The van der Waals surface area contributed by atoms with E-state index in [0.29, 0.717) is 13.1 Å². The van der Waals surface area contributed by atoms with Gasteiger partial charge in [0.25, 0.3) is 5.91 Å². The standard InChI is InChI=1S/C14H19FN2O3S/c1-21(19,20)16-13-7-6-11(15)10-12(13)14(18)17-8-4-2-3-5-9-17/h6-7,10,16H,2-5,8-9H2,1H3. The van der Waals surface area contributed by atoms with Crippen molar-refractivity contribution in [2.45, 2.75) is 25.7 Å². The van der Waals surface area contributed by atoms with Crippen LogP contribution >= 0.6 is 0 Å². The lowest BCUT2D eigenvalue weighted by molar-refractivity contribution is 0.0762. The van der Waals surface area contributed by atoms with Gasteiger partial charge >= 0.3 is 0 Å². The normalized spacial score (nSPS) is 16.4. The van der Waals surface area contributed by atoms with Gasteiger partial charge in [0.1, 0.15) is 5.82 Å². The maximum absolute atomic E-state index is 13.4. The summed E-state index contributed by atoms with van der Waals surface area (Å²) in [6.45, 7) is 1.24. The predicted octanol–water partition coefficient (Wildman–Crippen LogP) is 2.21. The van der Waals surface area contributed by atoms with Gasteiger partial charge < -0.3 is 4.90 Å². The summed E-state index contributed by atoms with van der Waals surface area (Å²) < 4.78 is 38.4. The van der Waals surface area contributed by atoms with E-state index in [-0.39, 0.29) is 17.2 Å². The molecule has 0 radical (unpaired) electrons. The van der Waals surface area contributed by atoms with Gasteiger partial charge in [0.15, 0.2) is 0 Å². The highest BCUT2D eigenvalue weighted by molar-refractivity contribution is 7.92. The van der Waals surface area contributed by atoms with Gasteiger partial charge in [0, 0.05) is 13.1 Å². The molecule has 0 atom stereocenters. The van der Waals surface area contributed by atoms with E-state index in [9.17, 15) is 17.6 Å². The Morgan fingerprint density at radius 2 is 1.81 bits per heavy atom. The molecule has 0 saturated carbocycles. The monoisotopic (exact) mass is 314 g/mol. The SMILES string of the molecule is CS(=O)(=O)Nc1ccc(F)cc1C(=O)N1CCCCCC1. The zero-order chi connectivity index (χ0) is 15.5. The molecule has 1 heterocycles. The smallest absolute Gasteiger partial charge is 0.256 e. The maximum atomic E-state index is 13.4. The van der Waals surface area contributed by atoms with E-state index >= 15 is 0 Å². The number of hydrogen-bond acceptors (Lipinski definition) is 3. The van der Waals surface area contributed by atoms with E-state index in [1.807, 2.05) is 0 Å². The Balaban J connectivity index is 2.32. The van der Waals surface area contributed by atoms with Crippen LogP contribution in [0.15, 0.2) is 18.2 Å². The first-order valence-electron chi connectivity index (χ1n) is 6.93. The molecule has 1 aliphatic heterocycles. The van der Waals surface area contributed by atoms with Crippen LogP contribution < -0.4 is 4.72 Å². The molecule has 1 saturated heterocycles. The molecule has 0 spiro atoms. The molecule has 1 fully saturated rings. The van der Waals surface area contributed by atoms with Crippen LogP contribution in [0.25, 0.3) is 0 Å². The molecule has 7 heteroatoms. The molecule has 21 heavy (non-hydrogen) atoms. The summed E-state index contributed by atoms with van der Waals surface area (Å²) in [7, 11) is -3.53. The Labute approximate surface area is 124 Å². The number of amides is 1. The topological polar surface area (TPSA) is 66.5 Å². The van der Waals surface area contributed by atoms with E-state index in [2.05, 4.69) is 4.72 Å². The van der Waals surface area contributed by atoms with Crippen molar-refractivity contribution < 1.29 is 17.6 Å². The number of benzene rings is 1. The van der Waals surface area contributed by atoms with Crippen LogP contribution in [0, 0.1) is 5.82 Å². The molecule has 0 aromatic heterocycles. The number of nitrogens with one attached hydrogen (secondary N) is 1. The minimum Gasteiger partial charge on any atom is -0.339 e. The fourth-order valence-corrected chi connectivity index (χ4v) is 3.00. The third kappa shape index (κ3) is 4.42. The minimum absolute atomic E-state index is 0.0577. The molecule has 116 valence electrons. The zero-order valence-electron chi connectivity index (χ0n) is 11.9. The second-order valence-electron chi connectivity index (χ2n) is 5.27. The predicted molar refractivity (Wildman–Crippen MR) is 79.2 cm³/mol. The van der Waals surface area contributed by atoms with Gasteiger partial charge in [-0.15, -0.1) is 0 Å². The van der Waals surface area contributed by atoms with Gasteiger partial charge in [-0.3, -0.25) is 9.52 Å². The van der Waals surface area contributed by atoms with Crippen LogP contribution in [0.1, 0.15) is 36.0 Å². The first-order valence-corrected chi connectivity index (χ1v) is 8.82. The average molecular weight is 314 g/mol. The Hall–Kier alpha value is -1.63. The largest absolute Gasteiger partial charge is 0.339 e. The van der Waals surface area contributed by atoms with Crippen molar-refractivity contribution in [1.29, 1.82) is 0 Å². The molecule has 1 aromatic carbocycles. The summed E-state index contributed by atoms with van der Waals surface area (Å²) in [5.74, 6) is -0.894. The van der Waals surface area contributed by atoms with E-state index in [0.717, 1.165) is 44.1 Å². The van der Waals surface area contributed by atoms with Crippen LogP contribution in [0.2, 0.25) is 0 Å². The van der Waals surface area contributed by atoms with E-state index in [1.165, 1.54) is 6.07 Å². The summed E-state index contributed by atoms with van der Waals surface area (Å²) in [6.07, 6.45) is 4.96. The number of anilines is 1. The first-order chi connectivity index (χ1) is 9.87. The Morgan fingerprint density at radius 3 is 2.38 bits per heavy atom. The molecule has 1 aliphatic rings. The van der Waals surface area contributed by atoms with Crippen LogP contribution in [-0.2, 0) is 10.0 Å². The Kier molecular flexibility index (Phi) is 4.82. The molecule has 1 aromatic rings. The number of carbonyl (C=O) groups is 1. The number of nitrogens with zero attached hydrogens (tertiary/aromatic N) is 1. The molecule has 0 aliphatic carbocycles. The quantitative estimate of drug-likeness (QED) is 0.930. The van der Waals surface area contributed by atoms with Gasteiger partial charge in [0.2, 0.25) is 10.0 Å². The number of carbonyl (C=O) groups excluding carboxylic acids is 1. The van der Waals surface area contributed by atoms with E-state index in [1.54, 1.807) is 4.90 Å². The van der Waals surface area contributed by atoms with Crippen LogP contribution in [0.4, 0.5) is 10.1 Å². The third-order valence-corrected chi connectivity index (χ3v) is 3.99. The van der Waals surface area contributed by atoms with Crippen LogP contribution in [-0.4, -0.2) is 38.6 Å². The summed E-state index contributed by atoms with van der Waals surface area (Å²) in [5.41, 5.74) is 0.176. The van der Waals surface area contributed by atoms with Crippen molar-refractivity contribution in [3.8, 4) is 0 Å². The number of likely N-dealkylation sites (tertiary alicyclic amines) is 1. The summed E-state index contributed by atoms with van der Waals surface area (Å²) in [4.78, 5) is 14.2. The maximum Gasteiger partial charge on any atom is 0.256 e. The van der Waals surface area contributed by atoms with Crippen molar-refractivity contribution >= 4 is 21.6 Å². The molecule has 5 nitrogen and oxygen atoms in total. The lowest BCUT2D eigenvalue weighted by Gasteiger charge is -2.22. The van der Waals surface area contributed by atoms with Gasteiger partial charge in [0.05, 0.1) is 17.5 Å². The van der Waals surface area contributed by atoms with Crippen molar-refractivity contribution in [2.75, 3.05) is 24.1 Å². The molecular weight excluding hydrogens is 295 g/mol. The second kappa shape index (κ2) is 6.43. The minimum atomic E-state index is -3.53. The van der Waals surface area contributed by atoms with Gasteiger partial charge in [-0.2, -0.15) is 0 Å². The van der Waals surface area contributed by atoms with E-state index in [4.69, 9.17) is 0 Å². The fourth-order valence-electron chi connectivity index (χ4n) is 2.43. The van der Waals surface area contributed by atoms with Gasteiger partial charge in [-0.05, 0) is 31.0 Å². The highest BCUT2D eigenvalue weighted by Crippen LogP contribution is 2.22. The van der Waals surface area contributed by atoms with Crippen molar-refractivity contribution in [1.82, 2.24) is 4.90 Å². The lowest BCUT2D eigenvalue weighted by atomic mass is 10.1. The van der Waals surface area contributed by atoms with Crippen molar-refractivity contribution in [2.24, 2.45) is 0 Å². The molecule has 0 unspecified atom stereocenters. The third-order valence-electron chi connectivity index (χ3n) is 3.40. The molecular formula is C14H19FN2O3S. The zero-order valence-corrected chi connectivity index (χ0v) is 12.7. The summed E-state index contributed by atoms with van der Waals surface area (Å²) >= 11 is 0. The first kappa shape index (κ1) is 15.8. The lowest BCUT2D eigenvalue weighted by Crippen LogP contribution is -2.32. The van der Waals surface area contributed by atoms with Crippen LogP contribution in [0.3, 0.4) is 0 Å². The highest BCUT2D eigenvalue weighted by atomic mass is 32.2. The Morgan fingerprint density at radius 1 is 1.19 bits per heavy atom. The molecule has 1 N–H and O–H groups in total. The molecule has 0 bridgehead atoms. The highest BCUT2D eigenvalue weighted by Gasteiger charge is 2.21. The number of rotatable bonds is 3. The van der Waals surface area contributed by atoms with Crippen molar-refractivity contribution in [3.05, 3.63) is 29.6 Å². The van der Waals surface area contributed by atoms with Crippen LogP contribution in [0.5, 0.6) is 0 Å². The second-order valence-corrected chi connectivity index (χ2v) is 7.02. The summed E-state index contributed by atoms with van der Waals surface area (Å²) in [6, 6.07) is 3.49. The molecule has 1 amide bonds. The molecule has 2 rings (SSSR count). The Bertz CT molecular complexity index is 623. The fraction of sp³-hybridized carbons (Fsp3) is 0.500.